The van der Waals surface area contributed by atoms with E-state index in [-0.39, 0.29) is 49.7 Å². The summed E-state index contributed by atoms with van der Waals surface area (Å²) in [6.07, 6.45) is 1.28. The number of nitrogens with zero attached hydrogens (tertiary/aromatic N) is 1. The highest BCUT2D eigenvalue weighted by Crippen LogP contribution is 2.20. The van der Waals surface area contributed by atoms with Gasteiger partial charge in [0.2, 0.25) is 23.6 Å². The van der Waals surface area contributed by atoms with Gasteiger partial charge in [-0.1, -0.05) is 66.7 Å². The Labute approximate surface area is 320 Å². The van der Waals surface area contributed by atoms with Gasteiger partial charge in [-0.2, -0.15) is 0 Å². The SMILES string of the molecule is C[C@@H](O)[C@H](NC(=O)[C@@H](N)Cc1cccc2ccccc12)C(=O)NCCCC[C@H](C=O)NC(=O)[C@H](Cc1ccc(O)cc1)N(C)C(=O)CCc1ccc(F)cc1. The van der Waals surface area contributed by atoms with E-state index in [1.807, 2.05) is 42.5 Å². The predicted octanol–water partition coefficient (Wildman–Crippen LogP) is 3.09. The molecule has 0 bridgehead atoms. The Balaban J connectivity index is 1.26. The molecule has 12 nitrogen and oxygen atoms in total. The average Bonchev–Trinajstić information content (AvgIpc) is 3.18. The number of aromatic hydroxyl groups is 1. The largest absolute Gasteiger partial charge is 0.508 e. The van der Waals surface area contributed by atoms with E-state index in [1.165, 1.54) is 43.1 Å². The van der Waals surface area contributed by atoms with Crippen molar-refractivity contribution < 1.29 is 38.6 Å². The molecule has 0 aliphatic heterocycles. The molecule has 0 unspecified atom stereocenters. The van der Waals surface area contributed by atoms with Crippen molar-refractivity contribution in [3.63, 3.8) is 0 Å². The van der Waals surface area contributed by atoms with Crippen LogP contribution >= 0.6 is 0 Å². The zero-order chi connectivity index (χ0) is 39.9. The van der Waals surface area contributed by atoms with Gasteiger partial charge in [-0.15, -0.1) is 0 Å². The Morgan fingerprint density at radius 1 is 0.836 bits per heavy atom. The second kappa shape index (κ2) is 20.7. The number of aldehydes is 1. The van der Waals surface area contributed by atoms with E-state index in [1.54, 1.807) is 24.3 Å². The summed E-state index contributed by atoms with van der Waals surface area (Å²) in [6, 6.07) is 21.5. The number of unbranched alkanes of at least 4 members (excludes halogenated alkanes) is 1. The number of rotatable bonds is 20. The van der Waals surface area contributed by atoms with Gasteiger partial charge in [-0.3, -0.25) is 19.2 Å². The Hall–Kier alpha value is -5.66. The number of aryl methyl sites for hydroxylation is 1. The highest BCUT2D eigenvalue weighted by atomic mass is 19.1. The van der Waals surface area contributed by atoms with Crippen molar-refractivity contribution in [3.05, 3.63) is 114 Å². The first-order chi connectivity index (χ1) is 26.4. The standard InChI is InChI=1S/C42H50FN5O7/c1-27(50)39(47-40(53)36(44)25-31-10-7-9-30-8-3-4-12-35(30)31)42(55)45-23-6-5-11-33(26-49)46-41(54)37(24-29-15-20-34(51)21-16-29)48(2)38(52)22-17-28-13-18-32(43)19-14-28/h3-4,7-10,12-16,18-21,26-27,33,36-37,39,50-51H,5-6,11,17,22-25,44H2,1-2H3,(H,45,55)(H,46,54)(H,47,53)/t27-,33-,36+,37+,39+/m1/s1. The number of amides is 4. The van der Waals surface area contributed by atoms with Crippen LogP contribution in [0.3, 0.4) is 0 Å². The average molecular weight is 756 g/mol. The van der Waals surface area contributed by atoms with Crippen LogP contribution in [0.1, 0.15) is 49.3 Å². The molecule has 0 radical (unpaired) electrons. The van der Waals surface area contributed by atoms with Gasteiger partial charge in [0, 0.05) is 26.4 Å². The minimum absolute atomic E-state index is 0.0498. The van der Waals surface area contributed by atoms with Crippen LogP contribution in [-0.2, 0) is 43.2 Å². The van der Waals surface area contributed by atoms with Crippen LogP contribution in [0.4, 0.5) is 4.39 Å². The molecule has 4 rings (SSSR count). The molecule has 0 aromatic heterocycles. The van der Waals surface area contributed by atoms with Crippen molar-refractivity contribution in [1.82, 2.24) is 20.9 Å². The van der Waals surface area contributed by atoms with Crippen molar-refractivity contribution >= 4 is 40.7 Å². The van der Waals surface area contributed by atoms with Gasteiger partial charge in [0.05, 0.1) is 18.2 Å². The fourth-order valence-electron chi connectivity index (χ4n) is 6.24. The molecule has 4 aromatic rings. The summed E-state index contributed by atoms with van der Waals surface area (Å²) in [4.78, 5) is 66.1. The quantitative estimate of drug-likeness (QED) is 0.0586. The number of phenols is 1. The van der Waals surface area contributed by atoms with Crippen LogP contribution in [0.5, 0.6) is 5.75 Å². The molecule has 0 aliphatic carbocycles. The lowest BCUT2D eigenvalue weighted by atomic mass is 9.98. The molecular formula is C42H50FN5O7. The Bertz CT molecular complexity index is 1900. The monoisotopic (exact) mass is 755 g/mol. The minimum Gasteiger partial charge on any atom is -0.508 e. The smallest absolute Gasteiger partial charge is 0.245 e. The van der Waals surface area contributed by atoms with E-state index in [0.29, 0.717) is 31.1 Å². The van der Waals surface area contributed by atoms with E-state index in [0.717, 1.165) is 21.9 Å². The highest BCUT2D eigenvalue weighted by Gasteiger charge is 2.30. The third-order valence-corrected chi connectivity index (χ3v) is 9.52. The summed E-state index contributed by atoms with van der Waals surface area (Å²) in [5.41, 5.74) is 8.55. The second-order valence-corrected chi connectivity index (χ2v) is 13.7. The highest BCUT2D eigenvalue weighted by molar-refractivity contribution is 5.92. The number of aliphatic hydroxyl groups is 1. The first-order valence-corrected chi connectivity index (χ1v) is 18.4. The lowest BCUT2D eigenvalue weighted by Crippen LogP contribution is -2.56. The number of halogens is 1. The first kappa shape index (κ1) is 42.1. The van der Waals surface area contributed by atoms with Crippen LogP contribution in [-0.4, -0.2) is 88.9 Å². The van der Waals surface area contributed by atoms with Crippen molar-refractivity contribution in [2.45, 2.75) is 82.1 Å². The number of fused-ring (bicyclic) bond motifs is 1. The maximum Gasteiger partial charge on any atom is 0.245 e. The van der Waals surface area contributed by atoms with Crippen LogP contribution in [0, 0.1) is 5.82 Å². The lowest BCUT2D eigenvalue weighted by Gasteiger charge is -2.29. The summed E-state index contributed by atoms with van der Waals surface area (Å²) in [5.74, 6) is -2.36. The van der Waals surface area contributed by atoms with Crippen LogP contribution in [0.15, 0.2) is 91.0 Å². The Kier molecular flexibility index (Phi) is 15.8. The minimum atomic E-state index is -1.24. The zero-order valence-corrected chi connectivity index (χ0v) is 31.1. The number of likely N-dealkylation sites (N-methyl/N-ethyl adjacent to an activating group) is 1. The molecule has 292 valence electrons. The zero-order valence-electron chi connectivity index (χ0n) is 31.1. The number of aliphatic hydroxyl groups excluding tert-OH is 1. The van der Waals surface area contributed by atoms with E-state index >= 15 is 0 Å². The summed E-state index contributed by atoms with van der Waals surface area (Å²) < 4.78 is 13.3. The predicted molar refractivity (Wildman–Crippen MR) is 207 cm³/mol. The molecule has 0 saturated heterocycles. The fourth-order valence-corrected chi connectivity index (χ4v) is 6.24. The van der Waals surface area contributed by atoms with Gasteiger partial charge in [-0.25, -0.2) is 4.39 Å². The van der Waals surface area contributed by atoms with Crippen molar-refractivity contribution in [2.24, 2.45) is 5.73 Å². The second-order valence-electron chi connectivity index (χ2n) is 13.7. The summed E-state index contributed by atoms with van der Waals surface area (Å²) in [6.45, 7) is 1.57. The van der Waals surface area contributed by atoms with Gasteiger partial charge in [0.25, 0.3) is 0 Å². The summed E-state index contributed by atoms with van der Waals surface area (Å²) in [7, 11) is 1.51. The van der Waals surface area contributed by atoms with Gasteiger partial charge < -0.3 is 41.6 Å². The fraction of sp³-hybridized carbons (Fsp3) is 0.357. The Morgan fingerprint density at radius 3 is 2.20 bits per heavy atom. The first-order valence-electron chi connectivity index (χ1n) is 18.4. The normalized spacial score (nSPS) is 13.8. The molecule has 7 N–H and O–H groups in total. The van der Waals surface area contributed by atoms with E-state index in [9.17, 15) is 38.6 Å². The van der Waals surface area contributed by atoms with Crippen LogP contribution in [0.2, 0.25) is 0 Å². The molecule has 13 heteroatoms. The number of carbonyl (C=O) groups is 5. The van der Waals surface area contributed by atoms with Gasteiger partial charge in [-0.05, 0) is 90.8 Å². The third kappa shape index (κ3) is 12.7. The molecule has 5 atom stereocenters. The number of phenolic OH excluding ortho intramolecular Hbond substituents is 1. The molecule has 4 aromatic carbocycles. The van der Waals surface area contributed by atoms with Gasteiger partial charge in [0.1, 0.15) is 29.9 Å². The van der Waals surface area contributed by atoms with Gasteiger partial charge in [0.15, 0.2) is 0 Å². The van der Waals surface area contributed by atoms with Crippen LogP contribution in [0.25, 0.3) is 10.8 Å². The molecule has 4 amide bonds. The molecule has 0 aliphatic rings. The third-order valence-electron chi connectivity index (χ3n) is 9.52. The summed E-state index contributed by atoms with van der Waals surface area (Å²) >= 11 is 0. The maximum absolute atomic E-state index is 13.6. The molecule has 55 heavy (non-hydrogen) atoms. The molecular weight excluding hydrogens is 705 g/mol. The lowest BCUT2D eigenvalue weighted by molar-refractivity contribution is -0.139. The Morgan fingerprint density at radius 2 is 1.51 bits per heavy atom. The molecule has 0 heterocycles. The van der Waals surface area contributed by atoms with Crippen molar-refractivity contribution in [2.75, 3.05) is 13.6 Å². The van der Waals surface area contributed by atoms with Crippen LogP contribution < -0.4 is 21.7 Å². The maximum atomic E-state index is 13.6. The molecule has 0 saturated carbocycles. The topological polar surface area (TPSA) is 191 Å². The number of hydrogen-bond donors (Lipinski definition) is 6. The van der Waals surface area contributed by atoms with E-state index in [2.05, 4.69) is 16.0 Å². The van der Waals surface area contributed by atoms with Crippen molar-refractivity contribution in [1.29, 1.82) is 0 Å². The molecule has 0 spiro atoms. The molecule has 0 fully saturated rings. The number of hydrogen-bond acceptors (Lipinski definition) is 8. The summed E-state index contributed by atoms with van der Waals surface area (Å²) in [5, 5.41) is 30.0. The number of carbonyl (C=O) groups excluding carboxylic acids is 5. The number of nitrogens with one attached hydrogen (secondary N) is 3. The van der Waals surface area contributed by atoms with E-state index < -0.39 is 48.0 Å². The van der Waals surface area contributed by atoms with Gasteiger partial charge >= 0.3 is 0 Å². The number of nitrogens with two attached hydrogens (primary N) is 1. The number of benzene rings is 4. The van der Waals surface area contributed by atoms with Crippen molar-refractivity contribution in [3.8, 4) is 5.75 Å². The van der Waals surface area contributed by atoms with E-state index in [4.69, 9.17) is 5.73 Å².